The standard InChI is InChI=1S/C14H23ClN2O/c1-11(2)18-8-7-17(4)14-6-5-12(10-16-3)9-13(14)15/h5-6,9,11,16H,7-8,10H2,1-4H3. The molecule has 0 aliphatic carbocycles. The third-order valence-corrected chi connectivity index (χ3v) is 2.98. The van der Waals surface area contributed by atoms with Gasteiger partial charge in [-0.2, -0.15) is 0 Å². The van der Waals surface area contributed by atoms with Crippen molar-refractivity contribution in [1.82, 2.24) is 5.32 Å². The quantitative estimate of drug-likeness (QED) is 0.825. The lowest BCUT2D eigenvalue weighted by molar-refractivity contribution is 0.0846. The van der Waals surface area contributed by atoms with Crippen molar-refractivity contribution in [3.63, 3.8) is 0 Å². The van der Waals surface area contributed by atoms with Crippen molar-refractivity contribution in [2.24, 2.45) is 0 Å². The Labute approximate surface area is 115 Å². The Kier molecular flexibility index (Phi) is 6.47. The van der Waals surface area contributed by atoms with Crippen molar-refractivity contribution >= 4 is 17.3 Å². The maximum Gasteiger partial charge on any atom is 0.0644 e. The normalized spacial score (nSPS) is 11.0. The van der Waals surface area contributed by atoms with E-state index in [1.54, 1.807) is 0 Å². The molecule has 0 spiro atoms. The van der Waals surface area contributed by atoms with Crippen LogP contribution in [0.2, 0.25) is 5.02 Å². The molecule has 0 aliphatic heterocycles. The van der Waals surface area contributed by atoms with Gasteiger partial charge in [0.05, 0.1) is 23.4 Å². The summed E-state index contributed by atoms with van der Waals surface area (Å²) in [5, 5.41) is 3.90. The molecule has 4 heteroatoms. The van der Waals surface area contributed by atoms with Gasteiger partial charge < -0.3 is 15.0 Å². The summed E-state index contributed by atoms with van der Waals surface area (Å²) in [6, 6.07) is 6.16. The van der Waals surface area contributed by atoms with Gasteiger partial charge in [0.2, 0.25) is 0 Å². The van der Waals surface area contributed by atoms with Gasteiger partial charge in [-0.05, 0) is 38.6 Å². The second kappa shape index (κ2) is 7.62. The van der Waals surface area contributed by atoms with Gasteiger partial charge in [0.25, 0.3) is 0 Å². The summed E-state index contributed by atoms with van der Waals surface area (Å²) in [7, 11) is 3.96. The number of anilines is 1. The Bertz CT molecular complexity index is 369. The van der Waals surface area contributed by atoms with E-state index in [2.05, 4.69) is 22.3 Å². The number of nitrogens with one attached hydrogen (secondary N) is 1. The molecule has 0 aromatic heterocycles. The highest BCUT2D eigenvalue weighted by molar-refractivity contribution is 6.33. The molecule has 1 N–H and O–H groups in total. The van der Waals surface area contributed by atoms with Crippen LogP contribution in [0.15, 0.2) is 18.2 Å². The monoisotopic (exact) mass is 270 g/mol. The molecule has 0 saturated carbocycles. The molecule has 0 atom stereocenters. The summed E-state index contributed by atoms with van der Waals surface area (Å²) in [4.78, 5) is 2.12. The highest BCUT2D eigenvalue weighted by Gasteiger charge is 2.07. The smallest absolute Gasteiger partial charge is 0.0644 e. The first-order chi connectivity index (χ1) is 8.54. The van der Waals surface area contributed by atoms with Gasteiger partial charge in [-0.25, -0.2) is 0 Å². The lowest BCUT2D eigenvalue weighted by atomic mass is 10.2. The van der Waals surface area contributed by atoms with E-state index in [0.717, 1.165) is 23.8 Å². The summed E-state index contributed by atoms with van der Waals surface area (Å²) in [5.74, 6) is 0. The molecule has 1 rings (SSSR count). The predicted molar refractivity (Wildman–Crippen MR) is 78.6 cm³/mol. The molecular weight excluding hydrogens is 248 g/mol. The van der Waals surface area contributed by atoms with E-state index in [1.165, 1.54) is 5.56 Å². The molecular formula is C14H23ClN2O. The topological polar surface area (TPSA) is 24.5 Å². The summed E-state index contributed by atoms with van der Waals surface area (Å²) >= 11 is 6.29. The number of rotatable bonds is 7. The highest BCUT2D eigenvalue weighted by Crippen LogP contribution is 2.25. The number of ether oxygens (including phenoxy) is 1. The molecule has 0 unspecified atom stereocenters. The van der Waals surface area contributed by atoms with E-state index >= 15 is 0 Å². The van der Waals surface area contributed by atoms with Gasteiger partial charge in [0.1, 0.15) is 0 Å². The SMILES string of the molecule is CNCc1ccc(N(C)CCOC(C)C)c(Cl)c1. The van der Waals surface area contributed by atoms with Crippen LogP contribution in [0.5, 0.6) is 0 Å². The molecule has 3 nitrogen and oxygen atoms in total. The third kappa shape index (κ3) is 4.84. The lowest BCUT2D eigenvalue weighted by Crippen LogP contribution is -2.24. The molecule has 0 fully saturated rings. The van der Waals surface area contributed by atoms with Gasteiger partial charge in [-0.1, -0.05) is 17.7 Å². The maximum absolute atomic E-state index is 6.29. The van der Waals surface area contributed by atoms with Gasteiger partial charge in [0, 0.05) is 20.1 Å². The number of halogens is 1. The molecule has 0 saturated heterocycles. The largest absolute Gasteiger partial charge is 0.377 e. The van der Waals surface area contributed by atoms with Gasteiger partial charge >= 0.3 is 0 Å². The minimum absolute atomic E-state index is 0.270. The Morgan fingerprint density at radius 1 is 1.39 bits per heavy atom. The lowest BCUT2D eigenvalue weighted by Gasteiger charge is -2.21. The molecule has 0 heterocycles. The Morgan fingerprint density at radius 2 is 2.11 bits per heavy atom. The fraction of sp³-hybridized carbons (Fsp3) is 0.571. The van der Waals surface area contributed by atoms with Gasteiger partial charge in [0.15, 0.2) is 0 Å². The van der Waals surface area contributed by atoms with Crippen LogP contribution in [-0.4, -0.2) is 33.4 Å². The van der Waals surface area contributed by atoms with E-state index in [4.69, 9.17) is 16.3 Å². The highest BCUT2D eigenvalue weighted by atomic mass is 35.5. The summed E-state index contributed by atoms with van der Waals surface area (Å²) in [5.41, 5.74) is 2.24. The Hall–Kier alpha value is -0.770. The van der Waals surface area contributed by atoms with Gasteiger partial charge in [-0.15, -0.1) is 0 Å². The average Bonchev–Trinajstić information content (AvgIpc) is 2.28. The first kappa shape index (κ1) is 15.3. The van der Waals surface area contributed by atoms with E-state index < -0.39 is 0 Å². The number of hydrogen-bond donors (Lipinski definition) is 1. The third-order valence-electron chi connectivity index (χ3n) is 2.68. The van der Waals surface area contributed by atoms with E-state index in [0.29, 0.717) is 6.61 Å². The first-order valence-electron chi connectivity index (χ1n) is 6.30. The van der Waals surface area contributed by atoms with Crippen LogP contribution in [0.25, 0.3) is 0 Å². The van der Waals surface area contributed by atoms with Crippen LogP contribution in [0.4, 0.5) is 5.69 Å². The number of likely N-dealkylation sites (N-methyl/N-ethyl adjacent to an activating group) is 1. The second-order valence-electron chi connectivity index (χ2n) is 4.66. The summed E-state index contributed by atoms with van der Waals surface area (Å²) < 4.78 is 5.54. The minimum atomic E-state index is 0.270. The maximum atomic E-state index is 6.29. The Balaban J connectivity index is 2.59. The van der Waals surface area contributed by atoms with E-state index in [1.807, 2.05) is 34.0 Å². The Morgan fingerprint density at radius 3 is 2.67 bits per heavy atom. The van der Waals surface area contributed by atoms with Gasteiger partial charge in [-0.3, -0.25) is 0 Å². The summed E-state index contributed by atoms with van der Waals surface area (Å²) in [6.45, 7) is 6.46. The molecule has 1 aromatic carbocycles. The fourth-order valence-electron chi connectivity index (χ4n) is 1.72. The zero-order valence-electron chi connectivity index (χ0n) is 11.7. The number of nitrogens with zero attached hydrogens (tertiary/aromatic N) is 1. The first-order valence-corrected chi connectivity index (χ1v) is 6.68. The molecule has 0 amide bonds. The van der Waals surface area contributed by atoms with E-state index in [9.17, 15) is 0 Å². The molecule has 102 valence electrons. The molecule has 0 bridgehead atoms. The second-order valence-corrected chi connectivity index (χ2v) is 5.06. The molecule has 0 aliphatic rings. The van der Waals surface area contributed by atoms with E-state index in [-0.39, 0.29) is 6.10 Å². The molecule has 18 heavy (non-hydrogen) atoms. The van der Waals surface area contributed by atoms with Crippen LogP contribution in [0.1, 0.15) is 19.4 Å². The van der Waals surface area contributed by atoms with Crippen molar-refractivity contribution in [3.8, 4) is 0 Å². The fourth-order valence-corrected chi connectivity index (χ4v) is 2.07. The van der Waals surface area contributed by atoms with Crippen molar-refractivity contribution < 1.29 is 4.74 Å². The minimum Gasteiger partial charge on any atom is -0.377 e. The van der Waals surface area contributed by atoms with Crippen LogP contribution >= 0.6 is 11.6 Å². The van der Waals surface area contributed by atoms with Crippen molar-refractivity contribution in [2.75, 3.05) is 32.1 Å². The zero-order chi connectivity index (χ0) is 13.5. The summed E-state index contributed by atoms with van der Waals surface area (Å²) in [6.07, 6.45) is 0.270. The van der Waals surface area contributed by atoms with Crippen LogP contribution in [0, 0.1) is 0 Å². The number of hydrogen-bond acceptors (Lipinski definition) is 3. The van der Waals surface area contributed by atoms with Crippen molar-refractivity contribution in [3.05, 3.63) is 28.8 Å². The zero-order valence-corrected chi connectivity index (χ0v) is 12.4. The molecule has 0 radical (unpaired) electrons. The predicted octanol–water partition coefficient (Wildman–Crippen LogP) is 2.92. The van der Waals surface area contributed by atoms with Crippen molar-refractivity contribution in [2.45, 2.75) is 26.5 Å². The van der Waals surface area contributed by atoms with Crippen LogP contribution in [-0.2, 0) is 11.3 Å². The molecule has 1 aromatic rings. The average molecular weight is 271 g/mol. The number of benzene rings is 1. The van der Waals surface area contributed by atoms with Crippen molar-refractivity contribution in [1.29, 1.82) is 0 Å². The van der Waals surface area contributed by atoms with Crippen LogP contribution in [0.3, 0.4) is 0 Å². The van der Waals surface area contributed by atoms with Crippen LogP contribution < -0.4 is 10.2 Å².